The van der Waals surface area contributed by atoms with Crippen LogP contribution in [0.4, 0.5) is 0 Å². The first kappa shape index (κ1) is 32.3. The van der Waals surface area contributed by atoms with Crippen molar-refractivity contribution in [2.45, 2.75) is 50.6 Å². The van der Waals surface area contributed by atoms with E-state index in [4.69, 9.17) is 16.0 Å². The van der Waals surface area contributed by atoms with Gasteiger partial charge in [-0.1, -0.05) is 48.0 Å². The monoisotopic (exact) mass is 678 g/mol. The molecule has 5 aromatic rings. The van der Waals surface area contributed by atoms with Crippen molar-refractivity contribution in [3.05, 3.63) is 123 Å². The van der Waals surface area contributed by atoms with Crippen molar-refractivity contribution in [2.75, 3.05) is 19.6 Å². The molecule has 7 rings (SSSR count). The van der Waals surface area contributed by atoms with Crippen LogP contribution in [0.5, 0.6) is 0 Å². The van der Waals surface area contributed by atoms with Crippen LogP contribution in [-0.4, -0.2) is 68.0 Å². The van der Waals surface area contributed by atoms with E-state index in [0.717, 1.165) is 43.0 Å². The number of rotatable bonds is 9. The summed E-state index contributed by atoms with van der Waals surface area (Å²) in [5, 5.41) is 7.81. The lowest BCUT2D eigenvalue weighted by atomic mass is 9.86. The van der Waals surface area contributed by atoms with Gasteiger partial charge in [0.2, 0.25) is 11.8 Å². The number of carbonyl (C=O) groups is 3. The molecular formula is C37H35ClN6O5. The Labute approximate surface area is 287 Å². The van der Waals surface area contributed by atoms with Gasteiger partial charge in [-0.2, -0.15) is 5.10 Å². The predicted octanol–water partition coefficient (Wildman–Crippen LogP) is 4.90. The number of likely N-dealkylation sites (tertiary alicyclic amines) is 2. The van der Waals surface area contributed by atoms with Crippen molar-refractivity contribution in [2.24, 2.45) is 0 Å². The van der Waals surface area contributed by atoms with E-state index in [0.29, 0.717) is 36.8 Å². The molecule has 49 heavy (non-hydrogen) atoms. The summed E-state index contributed by atoms with van der Waals surface area (Å²) >= 11 is 6.11. The second-order valence-corrected chi connectivity index (χ2v) is 13.0. The zero-order valence-electron chi connectivity index (χ0n) is 26.8. The number of piperidine rings is 1. The number of amides is 3. The molecule has 1 N–H and O–H groups in total. The highest BCUT2D eigenvalue weighted by Crippen LogP contribution is 2.32. The summed E-state index contributed by atoms with van der Waals surface area (Å²) in [7, 11) is 0. The van der Waals surface area contributed by atoms with Gasteiger partial charge in [-0.15, -0.1) is 0 Å². The van der Waals surface area contributed by atoms with E-state index >= 15 is 0 Å². The van der Waals surface area contributed by atoms with Crippen LogP contribution in [0.1, 0.15) is 58.8 Å². The second-order valence-electron chi connectivity index (χ2n) is 12.6. The summed E-state index contributed by atoms with van der Waals surface area (Å²) in [5.41, 5.74) is 3.66. The van der Waals surface area contributed by atoms with E-state index in [-0.39, 0.29) is 40.9 Å². The van der Waals surface area contributed by atoms with Crippen LogP contribution >= 0.6 is 11.6 Å². The van der Waals surface area contributed by atoms with Gasteiger partial charge in [0.25, 0.3) is 5.91 Å². The SMILES string of the molecule is O=C(N[C@H](Cc1ccc(Cl)cc1)C(=O)N1CCC(c2ccccc2CN2CCCC2=O)CC1)c1cc(=O)c2cc(-n3cncn3)ccc2o1. The van der Waals surface area contributed by atoms with Crippen LogP contribution < -0.4 is 10.7 Å². The molecule has 12 heteroatoms. The number of hydrogen-bond acceptors (Lipinski definition) is 7. The summed E-state index contributed by atoms with van der Waals surface area (Å²) in [6.07, 6.45) is 6.16. The largest absolute Gasteiger partial charge is 0.451 e. The van der Waals surface area contributed by atoms with Crippen LogP contribution in [0.3, 0.4) is 0 Å². The van der Waals surface area contributed by atoms with Crippen LogP contribution in [-0.2, 0) is 22.6 Å². The summed E-state index contributed by atoms with van der Waals surface area (Å²) in [4.78, 5) is 60.7. The van der Waals surface area contributed by atoms with Gasteiger partial charge in [-0.05, 0) is 72.2 Å². The average molecular weight is 679 g/mol. The molecule has 2 aromatic heterocycles. The van der Waals surface area contributed by atoms with Crippen molar-refractivity contribution in [3.8, 4) is 5.69 Å². The van der Waals surface area contributed by atoms with Gasteiger partial charge < -0.3 is 19.5 Å². The van der Waals surface area contributed by atoms with Gasteiger partial charge in [0.1, 0.15) is 24.3 Å². The van der Waals surface area contributed by atoms with Crippen molar-refractivity contribution in [1.29, 1.82) is 0 Å². The summed E-state index contributed by atoms with van der Waals surface area (Å²) < 4.78 is 7.39. The molecular weight excluding hydrogens is 644 g/mol. The van der Waals surface area contributed by atoms with E-state index < -0.39 is 17.4 Å². The molecule has 4 heterocycles. The smallest absolute Gasteiger partial charge is 0.287 e. The fourth-order valence-corrected chi connectivity index (χ4v) is 6.94. The van der Waals surface area contributed by atoms with Crippen molar-refractivity contribution < 1.29 is 18.8 Å². The van der Waals surface area contributed by atoms with Crippen LogP contribution in [0, 0.1) is 0 Å². The number of aromatic nitrogens is 3. The van der Waals surface area contributed by atoms with E-state index in [2.05, 4.69) is 27.5 Å². The molecule has 0 radical (unpaired) electrons. The maximum Gasteiger partial charge on any atom is 0.287 e. The number of hydrogen-bond donors (Lipinski definition) is 1. The number of halogens is 1. The Hall–Kier alpha value is -5.29. The number of benzene rings is 3. The Morgan fingerprint density at radius 3 is 2.51 bits per heavy atom. The Kier molecular flexibility index (Phi) is 9.26. The highest BCUT2D eigenvalue weighted by Gasteiger charge is 2.32. The first-order chi connectivity index (χ1) is 23.8. The lowest BCUT2D eigenvalue weighted by Gasteiger charge is -2.35. The van der Waals surface area contributed by atoms with E-state index in [1.165, 1.54) is 22.9 Å². The molecule has 3 amide bonds. The van der Waals surface area contributed by atoms with Gasteiger partial charge in [0.15, 0.2) is 11.2 Å². The Morgan fingerprint density at radius 2 is 1.78 bits per heavy atom. The molecule has 2 saturated heterocycles. The molecule has 3 aromatic carbocycles. The highest BCUT2D eigenvalue weighted by molar-refractivity contribution is 6.30. The predicted molar refractivity (Wildman–Crippen MR) is 183 cm³/mol. The maximum atomic E-state index is 14.1. The van der Waals surface area contributed by atoms with Gasteiger partial charge in [0, 0.05) is 50.1 Å². The Balaban J connectivity index is 1.08. The lowest BCUT2D eigenvalue weighted by molar-refractivity contribution is -0.134. The first-order valence-corrected chi connectivity index (χ1v) is 16.8. The highest BCUT2D eigenvalue weighted by atomic mass is 35.5. The maximum absolute atomic E-state index is 14.1. The van der Waals surface area contributed by atoms with Gasteiger partial charge in [-0.3, -0.25) is 19.2 Å². The number of carbonyl (C=O) groups excluding carboxylic acids is 3. The fraction of sp³-hybridized carbons (Fsp3) is 0.297. The summed E-state index contributed by atoms with van der Waals surface area (Å²) in [6.45, 7) is 2.44. The third-order valence-electron chi connectivity index (χ3n) is 9.41. The Bertz CT molecular complexity index is 2050. The van der Waals surface area contributed by atoms with Crippen molar-refractivity contribution >= 4 is 40.3 Å². The number of fused-ring (bicyclic) bond motifs is 1. The molecule has 250 valence electrons. The third-order valence-corrected chi connectivity index (χ3v) is 9.66. The van der Waals surface area contributed by atoms with Gasteiger partial charge in [0.05, 0.1) is 11.1 Å². The normalized spacial score (nSPS) is 15.9. The van der Waals surface area contributed by atoms with Crippen molar-refractivity contribution in [1.82, 2.24) is 29.9 Å². The summed E-state index contributed by atoms with van der Waals surface area (Å²) in [6, 6.07) is 20.6. The summed E-state index contributed by atoms with van der Waals surface area (Å²) in [5.74, 6) is -0.611. The molecule has 0 aliphatic carbocycles. The zero-order chi connectivity index (χ0) is 33.9. The first-order valence-electron chi connectivity index (χ1n) is 16.4. The molecule has 2 aliphatic heterocycles. The standard InChI is InChI=1S/C37H35ClN6O5/c38-27-9-7-24(8-10-27)18-31(41-36(47)34-20-32(45)30-19-28(11-12-33(30)49-34)44-23-39-22-40-44)37(48)42-16-13-25(14-17-42)29-5-2-1-4-26(29)21-43-15-3-6-35(43)46/h1-2,4-5,7-12,19-20,22-23,25,31H,3,6,13-18,21H2,(H,41,47)/t31-/m1/s1. The second kappa shape index (κ2) is 14.1. The van der Waals surface area contributed by atoms with E-state index in [9.17, 15) is 19.2 Å². The Morgan fingerprint density at radius 1 is 0.980 bits per heavy atom. The minimum atomic E-state index is -0.908. The molecule has 0 spiro atoms. The van der Waals surface area contributed by atoms with Crippen LogP contribution in [0.25, 0.3) is 16.7 Å². The molecule has 0 saturated carbocycles. The minimum absolute atomic E-state index is 0.188. The molecule has 2 fully saturated rings. The molecule has 2 aliphatic rings. The van der Waals surface area contributed by atoms with Gasteiger partial charge >= 0.3 is 0 Å². The fourth-order valence-electron chi connectivity index (χ4n) is 6.81. The number of nitrogens with one attached hydrogen (secondary N) is 1. The average Bonchev–Trinajstić information content (AvgIpc) is 3.81. The topological polar surface area (TPSA) is 131 Å². The van der Waals surface area contributed by atoms with Crippen LogP contribution in [0.15, 0.2) is 94.7 Å². The third kappa shape index (κ3) is 7.12. The molecule has 1 atom stereocenters. The molecule has 0 bridgehead atoms. The lowest BCUT2D eigenvalue weighted by Crippen LogP contribution is -2.51. The van der Waals surface area contributed by atoms with Crippen LogP contribution in [0.2, 0.25) is 5.02 Å². The minimum Gasteiger partial charge on any atom is -0.451 e. The van der Waals surface area contributed by atoms with E-state index in [1.807, 2.05) is 29.2 Å². The number of nitrogens with zero attached hydrogens (tertiary/aromatic N) is 5. The zero-order valence-corrected chi connectivity index (χ0v) is 27.5. The molecule has 0 unspecified atom stereocenters. The van der Waals surface area contributed by atoms with Crippen molar-refractivity contribution in [3.63, 3.8) is 0 Å². The molecule has 11 nitrogen and oxygen atoms in total. The van der Waals surface area contributed by atoms with Gasteiger partial charge in [-0.25, -0.2) is 9.67 Å². The quantitative estimate of drug-likeness (QED) is 0.235. The van der Waals surface area contributed by atoms with E-state index in [1.54, 1.807) is 35.2 Å².